The number of aliphatic hydroxyl groups is 3. The van der Waals surface area contributed by atoms with Gasteiger partial charge in [0.25, 0.3) is 0 Å². The van der Waals surface area contributed by atoms with Gasteiger partial charge in [-0.15, -0.1) is 0 Å². The van der Waals surface area contributed by atoms with Crippen LogP contribution in [0.1, 0.15) is 213 Å². The molecule has 0 saturated heterocycles. The summed E-state index contributed by atoms with van der Waals surface area (Å²) in [6.45, 7) is 5.79. The lowest BCUT2D eigenvalue weighted by Gasteiger charge is -2.08. The van der Waals surface area contributed by atoms with Gasteiger partial charge in [-0.2, -0.15) is 0 Å². The molecule has 7 nitrogen and oxygen atoms in total. The highest BCUT2D eigenvalue weighted by atomic mass is 16.5. The summed E-state index contributed by atoms with van der Waals surface area (Å²) in [5.74, 6) is -0.462. The molecule has 2 unspecified atom stereocenters. The maximum absolute atomic E-state index is 11.4. The van der Waals surface area contributed by atoms with Crippen molar-refractivity contribution >= 4 is 11.9 Å². The van der Waals surface area contributed by atoms with Crippen molar-refractivity contribution < 1.29 is 34.4 Å². The van der Waals surface area contributed by atoms with Gasteiger partial charge in [0, 0.05) is 12.8 Å². The van der Waals surface area contributed by atoms with Crippen molar-refractivity contribution in [1.82, 2.24) is 0 Å². The van der Waals surface area contributed by atoms with Crippen LogP contribution in [0.5, 0.6) is 0 Å². The van der Waals surface area contributed by atoms with E-state index in [9.17, 15) is 9.59 Å². The van der Waals surface area contributed by atoms with E-state index in [0.29, 0.717) is 12.8 Å². The number of ether oxygens (including phenoxy) is 2. The molecule has 0 rings (SSSR count). The topological polar surface area (TPSA) is 113 Å². The zero-order chi connectivity index (χ0) is 36.5. The van der Waals surface area contributed by atoms with E-state index in [2.05, 4.69) is 26.0 Å². The number of rotatable bonds is 36. The molecule has 0 spiro atoms. The molecule has 3 N–H and O–H groups in total. The molecule has 0 aromatic heterocycles. The van der Waals surface area contributed by atoms with Crippen molar-refractivity contribution in [2.24, 2.45) is 0 Å². The Morgan fingerprint density at radius 1 is 0.490 bits per heavy atom. The van der Waals surface area contributed by atoms with E-state index in [1.54, 1.807) is 6.92 Å². The highest BCUT2D eigenvalue weighted by molar-refractivity contribution is 5.69. The molecular formula is C42H82O7. The van der Waals surface area contributed by atoms with E-state index < -0.39 is 12.2 Å². The van der Waals surface area contributed by atoms with Gasteiger partial charge in [-0.25, -0.2) is 0 Å². The molecule has 0 aromatic rings. The number of carbonyl (C=O) groups excluding carboxylic acids is 2. The Morgan fingerprint density at radius 3 is 1.12 bits per heavy atom. The van der Waals surface area contributed by atoms with Crippen LogP contribution in [0.2, 0.25) is 0 Å². The molecule has 0 heterocycles. The van der Waals surface area contributed by atoms with Gasteiger partial charge >= 0.3 is 11.9 Å². The third-order valence-corrected chi connectivity index (χ3v) is 8.76. The highest BCUT2D eigenvalue weighted by Crippen LogP contribution is 2.14. The Bertz CT molecular complexity index is 695. The standard InChI is InChI=1S/C21H40O4.C21H42O3/c1-2-3-4-5-6-7-8-9-10-11-12-13-14-15-16-17-21(24)25-19-20(23)18-22;1-3-4-5-6-7-8-9-10-11-12-13-14-15-16-17-18-21(23)24-19-20(2)22/h9-10,20,22-23H,2-8,11-19H2,1H3;20,22H,3-19H2,1-2H3/b10-9-;. The lowest BCUT2D eigenvalue weighted by Crippen LogP contribution is -2.21. The van der Waals surface area contributed by atoms with E-state index in [1.807, 2.05) is 0 Å². The van der Waals surface area contributed by atoms with Gasteiger partial charge < -0.3 is 24.8 Å². The molecule has 292 valence electrons. The highest BCUT2D eigenvalue weighted by Gasteiger charge is 2.07. The first-order chi connectivity index (χ1) is 23.9. The number of aliphatic hydroxyl groups excluding tert-OH is 3. The summed E-state index contributed by atoms with van der Waals surface area (Å²) in [5, 5.41) is 26.7. The summed E-state index contributed by atoms with van der Waals surface area (Å²) in [5.41, 5.74) is 0. The Hall–Kier alpha value is -1.44. The van der Waals surface area contributed by atoms with Crippen LogP contribution < -0.4 is 0 Å². The number of unbranched alkanes of at least 4 members (excludes halogenated alkanes) is 25. The van der Waals surface area contributed by atoms with Crippen LogP contribution in [0.3, 0.4) is 0 Å². The minimum Gasteiger partial charge on any atom is -0.463 e. The van der Waals surface area contributed by atoms with Crippen molar-refractivity contribution in [2.45, 2.75) is 226 Å². The van der Waals surface area contributed by atoms with E-state index in [4.69, 9.17) is 24.8 Å². The average Bonchev–Trinajstić information content (AvgIpc) is 3.09. The first kappa shape index (κ1) is 49.7. The molecule has 49 heavy (non-hydrogen) atoms. The van der Waals surface area contributed by atoms with Crippen molar-refractivity contribution in [3.8, 4) is 0 Å². The predicted octanol–water partition coefficient (Wildman–Crippen LogP) is 11.1. The summed E-state index contributed by atoms with van der Waals surface area (Å²) >= 11 is 0. The lowest BCUT2D eigenvalue weighted by molar-refractivity contribution is -0.147. The Balaban J connectivity index is 0. The van der Waals surface area contributed by atoms with Gasteiger partial charge in [0.2, 0.25) is 0 Å². The van der Waals surface area contributed by atoms with Crippen LogP contribution in [-0.2, 0) is 19.1 Å². The second kappa shape index (κ2) is 42.7. The summed E-state index contributed by atoms with van der Waals surface area (Å²) < 4.78 is 9.79. The minimum absolute atomic E-state index is 0.111. The van der Waals surface area contributed by atoms with Crippen molar-refractivity contribution in [2.75, 3.05) is 19.8 Å². The number of esters is 2. The molecule has 0 amide bonds. The molecular weight excluding hydrogens is 616 g/mol. The number of allylic oxidation sites excluding steroid dienone is 2. The molecule has 0 aromatic carbocycles. The zero-order valence-electron chi connectivity index (χ0n) is 32.6. The normalized spacial score (nSPS) is 12.4. The van der Waals surface area contributed by atoms with E-state index >= 15 is 0 Å². The second-order valence-corrected chi connectivity index (χ2v) is 14.1. The van der Waals surface area contributed by atoms with Gasteiger partial charge in [0.15, 0.2) is 0 Å². The smallest absolute Gasteiger partial charge is 0.305 e. The summed E-state index contributed by atoms with van der Waals surface area (Å²) in [4.78, 5) is 22.7. The van der Waals surface area contributed by atoms with Crippen LogP contribution in [0, 0.1) is 0 Å². The van der Waals surface area contributed by atoms with Crippen LogP contribution in [0.4, 0.5) is 0 Å². The van der Waals surface area contributed by atoms with Crippen molar-refractivity contribution in [3.63, 3.8) is 0 Å². The molecule has 0 aliphatic carbocycles. The third-order valence-electron chi connectivity index (χ3n) is 8.76. The first-order valence-electron chi connectivity index (χ1n) is 20.8. The number of carbonyl (C=O) groups is 2. The number of hydrogen-bond donors (Lipinski definition) is 3. The SMILES string of the molecule is CCCCCCCC/C=C\CCCCCCCC(=O)OCC(O)CO.CCCCCCCCCCCCCCCCCC(=O)OCC(C)O. The first-order valence-corrected chi connectivity index (χ1v) is 20.8. The van der Waals surface area contributed by atoms with E-state index in [1.165, 1.54) is 141 Å². The molecule has 7 heteroatoms. The molecule has 0 radical (unpaired) electrons. The van der Waals surface area contributed by atoms with E-state index in [0.717, 1.165) is 38.5 Å². The fraction of sp³-hybridized carbons (Fsp3) is 0.905. The Kier molecular flexibility index (Phi) is 43.3. The third kappa shape index (κ3) is 46.6. The average molecular weight is 699 g/mol. The van der Waals surface area contributed by atoms with Crippen LogP contribution in [0.25, 0.3) is 0 Å². The van der Waals surface area contributed by atoms with Gasteiger partial charge in [-0.1, -0.05) is 167 Å². The van der Waals surface area contributed by atoms with E-state index in [-0.39, 0.29) is 31.8 Å². The van der Waals surface area contributed by atoms with Gasteiger partial charge in [-0.05, 0) is 45.4 Å². The van der Waals surface area contributed by atoms with Gasteiger partial charge in [-0.3, -0.25) is 9.59 Å². The summed E-state index contributed by atoms with van der Waals surface area (Å²) in [6.07, 6.45) is 39.9. The molecule has 0 fully saturated rings. The maximum Gasteiger partial charge on any atom is 0.305 e. The summed E-state index contributed by atoms with van der Waals surface area (Å²) in [6, 6.07) is 0. The van der Waals surface area contributed by atoms with Crippen molar-refractivity contribution in [3.05, 3.63) is 12.2 Å². The molecule has 0 aliphatic heterocycles. The summed E-state index contributed by atoms with van der Waals surface area (Å²) in [7, 11) is 0. The molecule has 2 atom stereocenters. The lowest BCUT2D eigenvalue weighted by atomic mass is 10.0. The quantitative estimate of drug-likeness (QED) is 0.0339. The van der Waals surface area contributed by atoms with Gasteiger partial charge in [0.1, 0.15) is 19.3 Å². The maximum atomic E-state index is 11.4. The predicted molar refractivity (Wildman–Crippen MR) is 206 cm³/mol. The zero-order valence-corrected chi connectivity index (χ0v) is 32.6. The monoisotopic (exact) mass is 699 g/mol. The van der Waals surface area contributed by atoms with Crippen LogP contribution in [-0.4, -0.2) is 59.3 Å². The number of hydrogen-bond acceptors (Lipinski definition) is 7. The van der Waals surface area contributed by atoms with Crippen LogP contribution >= 0.6 is 0 Å². The molecule has 0 saturated carbocycles. The van der Waals surface area contributed by atoms with Crippen molar-refractivity contribution in [1.29, 1.82) is 0 Å². The largest absolute Gasteiger partial charge is 0.463 e. The van der Waals surface area contributed by atoms with Gasteiger partial charge in [0.05, 0.1) is 12.7 Å². The molecule has 0 bridgehead atoms. The minimum atomic E-state index is -0.960. The molecule has 0 aliphatic rings. The Morgan fingerprint density at radius 2 is 0.796 bits per heavy atom. The second-order valence-electron chi connectivity index (χ2n) is 14.1. The van der Waals surface area contributed by atoms with Crippen LogP contribution in [0.15, 0.2) is 12.2 Å². The fourth-order valence-electron chi connectivity index (χ4n) is 5.58. The Labute approximate surface area is 303 Å². The fourth-order valence-corrected chi connectivity index (χ4v) is 5.58.